The Morgan fingerprint density at radius 1 is 0.918 bits per heavy atom. The molecule has 0 N–H and O–H groups in total. The molecule has 0 spiro atoms. The maximum atomic E-state index is 13.8. The molecule has 1 fully saturated rings. The quantitative estimate of drug-likeness (QED) is 0.187. The predicted molar refractivity (Wildman–Crippen MR) is 158 cm³/mol. The molecule has 0 aliphatic carbocycles. The van der Waals surface area contributed by atoms with Crippen molar-refractivity contribution in [1.29, 1.82) is 0 Å². The summed E-state index contributed by atoms with van der Waals surface area (Å²) in [7, 11) is 0. The summed E-state index contributed by atoms with van der Waals surface area (Å²) in [4.78, 5) is 28.4. The molecule has 5 rings (SSSR count). The van der Waals surface area contributed by atoms with Crippen LogP contribution in [0.1, 0.15) is 61.4 Å². The Labute approximate surface area is 274 Å². The summed E-state index contributed by atoms with van der Waals surface area (Å²) in [6.07, 6.45) is -11.0. The van der Waals surface area contributed by atoms with Gasteiger partial charge in [0.25, 0.3) is 5.89 Å². The molecule has 17 heteroatoms. The number of carbonyl (C=O) groups is 2. The highest BCUT2D eigenvalue weighted by Crippen LogP contribution is 2.38. The molecule has 0 radical (unpaired) electrons. The molecular weight excluding hydrogens is 665 g/mol. The molecule has 49 heavy (non-hydrogen) atoms. The molecule has 2 amide bonds. The average molecular weight is 695 g/mol. The minimum absolute atomic E-state index is 0.0488. The fourth-order valence-electron chi connectivity index (χ4n) is 5.10. The second-order valence-electron chi connectivity index (χ2n) is 12.3. The summed E-state index contributed by atoms with van der Waals surface area (Å²) in [5.74, 6) is -1.99. The van der Waals surface area contributed by atoms with Gasteiger partial charge in [-0.1, -0.05) is 6.07 Å². The largest absolute Gasteiger partial charge is 0.444 e. The van der Waals surface area contributed by atoms with Crippen molar-refractivity contribution in [1.82, 2.24) is 25.3 Å². The zero-order valence-electron chi connectivity index (χ0n) is 26.3. The molecular formula is C32H29F7N6O4. The molecule has 4 aromatic rings. The molecule has 0 saturated carbocycles. The third-order valence-corrected chi connectivity index (χ3v) is 7.45. The first-order chi connectivity index (χ1) is 22.9. The maximum absolute atomic E-state index is 13.8. The van der Waals surface area contributed by atoms with E-state index in [9.17, 15) is 40.3 Å². The molecule has 10 nitrogen and oxygen atoms in total. The smallest absolute Gasteiger partial charge is 0.416 e. The van der Waals surface area contributed by atoms with E-state index < -0.39 is 65.4 Å². The van der Waals surface area contributed by atoms with Crippen LogP contribution in [0.25, 0.3) is 11.6 Å². The van der Waals surface area contributed by atoms with Crippen LogP contribution in [0, 0.1) is 5.82 Å². The maximum Gasteiger partial charge on any atom is 0.416 e. The molecule has 1 aliphatic heterocycles. The minimum atomic E-state index is -5.19. The monoisotopic (exact) mass is 694 g/mol. The molecule has 0 bridgehead atoms. The fraction of sp³-hybridized carbons (Fsp3) is 0.375. The molecule has 1 unspecified atom stereocenters. The zero-order valence-corrected chi connectivity index (χ0v) is 26.3. The van der Waals surface area contributed by atoms with Gasteiger partial charge in [0, 0.05) is 24.7 Å². The lowest BCUT2D eigenvalue weighted by molar-refractivity contribution is -0.143. The lowest BCUT2D eigenvalue weighted by Crippen LogP contribution is -2.35. The van der Waals surface area contributed by atoms with E-state index in [1.54, 1.807) is 37.8 Å². The van der Waals surface area contributed by atoms with Crippen molar-refractivity contribution in [2.24, 2.45) is 0 Å². The first-order valence-corrected chi connectivity index (χ1v) is 14.8. The van der Waals surface area contributed by atoms with Gasteiger partial charge in [0.15, 0.2) is 0 Å². The first kappa shape index (κ1) is 35.2. The normalized spacial score (nSPS) is 15.4. The Morgan fingerprint density at radius 3 is 2.24 bits per heavy atom. The number of amides is 2. The topological polar surface area (TPSA) is 115 Å². The number of benzene rings is 2. The Kier molecular flexibility index (Phi) is 9.65. The predicted octanol–water partition coefficient (Wildman–Crippen LogP) is 7.20. The highest BCUT2D eigenvalue weighted by molar-refractivity contribution is 5.94. The summed E-state index contributed by atoms with van der Waals surface area (Å²) in [6.45, 7) is 5.72. The van der Waals surface area contributed by atoms with Gasteiger partial charge in [-0.2, -0.15) is 31.4 Å². The Balaban J connectivity index is 1.33. The van der Waals surface area contributed by atoms with Crippen LogP contribution in [-0.2, 0) is 34.8 Å². The third kappa shape index (κ3) is 8.69. The number of anilines is 1. The number of aromatic nitrogens is 4. The number of likely N-dealkylation sites (tertiary alicyclic amines) is 1. The van der Waals surface area contributed by atoms with Gasteiger partial charge in [-0.05, 0) is 81.3 Å². The van der Waals surface area contributed by atoms with Crippen LogP contribution < -0.4 is 4.90 Å². The van der Waals surface area contributed by atoms with Crippen molar-refractivity contribution in [2.75, 3.05) is 18.0 Å². The number of alkyl halides is 6. The van der Waals surface area contributed by atoms with E-state index in [0.29, 0.717) is 37.3 Å². The van der Waals surface area contributed by atoms with Crippen LogP contribution in [0.5, 0.6) is 0 Å². The van der Waals surface area contributed by atoms with E-state index >= 15 is 0 Å². The van der Waals surface area contributed by atoms with E-state index in [0.717, 1.165) is 17.0 Å². The van der Waals surface area contributed by atoms with E-state index in [4.69, 9.17) is 9.15 Å². The highest BCUT2D eigenvalue weighted by Gasteiger charge is 2.39. The standard InChI is InChI=1S/C32H29F7N6O4/c1-30(2,3)49-29(47)44-13-12-19(16-44)24-10-11-25(41-40-24)28-43-42-26(48-28)17-45(22-8-6-21(33)7-9-22)27(46)14-18-4-5-20(31(34,35)36)15-23(18)32(37,38)39/h4-11,15,19H,12-14,16-17H2,1-3H3. The summed E-state index contributed by atoms with van der Waals surface area (Å²) >= 11 is 0. The van der Waals surface area contributed by atoms with Gasteiger partial charge < -0.3 is 19.0 Å². The van der Waals surface area contributed by atoms with Gasteiger partial charge in [0.1, 0.15) is 23.7 Å². The summed E-state index contributed by atoms with van der Waals surface area (Å²) in [6, 6.07) is 8.68. The van der Waals surface area contributed by atoms with Crippen LogP contribution in [0.3, 0.4) is 0 Å². The van der Waals surface area contributed by atoms with Crippen molar-refractivity contribution in [3.8, 4) is 11.6 Å². The van der Waals surface area contributed by atoms with Crippen molar-refractivity contribution < 1.29 is 49.5 Å². The summed E-state index contributed by atoms with van der Waals surface area (Å²) in [5, 5.41) is 16.2. The van der Waals surface area contributed by atoms with E-state index in [2.05, 4.69) is 20.4 Å². The van der Waals surface area contributed by atoms with Crippen molar-refractivity contribution in [3.05, 3.63) is 88.7 Å². The number of nitrogens with zero attached hydrogens (tertiary/aromatic N) is 6. The second-order valence-corrected chi connectivity index (χ2v) is 12.3. The lowest BCUT2D eigenvalue weighted by Gasteiger charge is -2.24. The number of hydrogen-bond donors (Lipinski definition) is 0. The first-order valence-electron chi connectivity index (χ1n) is 14.8. The van der Waals surface area contributed by atoms with Crippen LogP contribution in [0.15, 0.2) is 59.0 Å². The van der Waals surface area contributed by atoms with Gasteiger partial charge in [-0.15, -0.1) is 15.3 Å². The lowest BCUT2D eigenvalue weighted by atomic mass is 10.00. The zero-order chi connectivity index (χ0) is 35.7. The molecule has 1 saturated heterocycles. The number of rotatable bonds is 7. The molecule has 1 atom stereocenters. The Hall–Kier alpha value is -5.09. The van der Waals surface area contributed by atoms with Gasteiger partial charge in [0.2, 0.25) is 11.8 Å². The van der Waals surface area contributed by atoms with Gasteiger partial charge in [0.05, 0.1) is 23.2 Å². The number of ether oxygens (including phenoxy) is 1. The van der Waals surface area contributed by atoms with Crippen molar-refractivity contribution in [2.45, 2.75) is 64.0 Å². The van der Waals surface area contributed by atoms with Crippen molar-refractivity contribution >= 4 is 17.7 Å². The van der Waals surface area contributed by atoms with E-state index in [1.165, 1.54) is 12.1 Å². The van der Waals surface area contributed by atoms with Crippen LogP contribution >= 0.6 is 0 Å². The van der Waals surface area contributed by atoms with Gasteiger partial charge >= 0.3 is 18.4 Å². The summed E-state index contributed by atoms with van der Waals surface area (Å²) < 4.78 is 106. The molecule has 3 heterocycles. The van der Waals surface area contributed by atoms with Crippen LogP contribution in [0.2, 0.25) is 0 Å². The molecule has 2 aromatic heterocycles. The van der Waals surface area contributed by atoms with Gasteiger partial charge in [-0.3, -0.25) is 4.79 Å². The number of halogens is 7. The average Bonchev–Trinajstić information content (AvgIpc) is 3.70. The SMILES string of the molecule is CC(C)(C)OC(=O)N1CCC(c2ccc(-c3nnc(CN(C(=O)Cc4ccc(C(F)(F)F)cc4C(F)(F)F)c4ccc(F)cc4)o3)nn2)C1. The van der Waals surface area contributed by atoms with Gasteiger partial charge in [-0.25, -0.2) is 9.18 Å². The number of carbonyl (C=O) groups excluding carboxylic acids is 2. The van der Waals surface area contributed by atoms with Crippen LogP contribution in [0.4, 0.5) is 41.2 Å². The third-order valence-electron chi connectivity index (χ3n) is 7.45. The summed E-state index contributed by atoms with van der Waals surface area (Å²) in [5.41, 5.74) is -3.64. The second kappa shape index (κ2) is 13.4. The Morgan fingerprint density at radius 2 is 1.63 bits per heavy atom. The van der Waals surface area contributed by atoms with E-state index in [-0.39, 0.29) is 35.1 Å². The van der Waals surface area contributed by atoms with E-state index in [1.807, 2.05) is 0 Å². The highest BCUT2D eigenvalue weighted by atomic mass is 19.4. The molecule has 1 aliphatic rings. The number of hydrogen-bond acceptors (Lipinski definition) is 8. The Bertz CT molecular complexity index is 1800. The molecule has 2 aromatic carbocycles. The fourth-order valence-corrected chi connectivity index (χ4v) is 5.10. The minimum Gasteiger partial charge on any atom is -0.444 e. The van der Waals surface area contributed by atoms with Crippen LogP contribution in [-0.4, -0.2) is 56.0 Å². The van der Waals surface area contributed by atoms with Crippen molar-refractivity contribution in [3.63, 3.8) is 0 Å². The molecule has 260 valence electrons.